The smallest absolute Gasteiger partial charge is 0.355 e. The topological polar surface area (TPSA) is 123 Å². The van der Waals surface area contributed by atoms with Crippen molar-refractivity contribution in [3.63, 3.8) is 0 Å². The van der Waals surface area contributed by atoms with E-state index in [0.29, 0.717) is 43.7 Å². The Kier molecular flexibility index (Phi) is 8.53. The molecule has 11 heteroatoms. The molecule has 0 radical (unpaired) electrons. The predicted molar refractivity (Wildman–Crippen MR) is 151 cm³/mol. The molecule has 4 aromatic rings. The highest BCUT2D eigenvalue weighted by atomic mass is 35.5. The Morgan fingerprint density at radius 2 is 1.62 bits per heavy atom. The molecule has 1 amide bonds. The van der Waals surface area contributed by atoms with E-state index < -0.39 is 29.3 Å². The van der Waals surface area contributed by atoms with Crippen LogP contribution in [0, 0.1) is 13.8 Å². The Labute approximate surface area is 234 Å². The lowest BCUT2D eigenvalue weighted by Gasteiger charge is -2.19. The van der Waals surface area contributed by atoms with Crippen LogP contribution in [0.5, 0.6) is 0 Å². The lowest BCUT2D eigenvalue weighted by molar-refractivity contribution is -0.136. The number of rotatable bonds is 8. The van der Waals surface area contributed by atoms with E-state index in [1.165, 1.54) is 0 Å². The molecule has 39 heavy (non-hydrogen) atoms. The lowest BCUT2D eigenvalue weighted by atomic mass is 9.91. The third-order valence-electron chi connectivity index (χ3n) is 5.85. The van der Waals surface area contributed by atoms with E-state index >= 15 is 0 Å². The molecule has 3 aromatic carbocycles. The van der Waals surface area contributed by atoms with Gasteiger partial charge in [-0.3, -0.25) is 15.0 Å². The van der Waals surface area contributed by atoms with E-state index in [9.17, 15) is 14.4 Å². The van der Waals surface area contributed by atoms with Crippen LogP contribution in [0.3, 0.4) is 0 Å². The minimum absolute atomic E-state index is 0.0775. The van der Waals surface area contributed by atoms with Gasteiger partial charge in [0, 0.05) is 15.7 Å². The number of ether oxygens (including phenoxy) is 1. The molecule has 4 rings (SSSR count). The first-order valence-corrected chi connectivity index (χ1v) is 12.5. The number of ketones is 1. The number of methoxy groups -OCH3 is 1. The molecule has 0 aliphatic heterocycles. The number of aryl methyl sites for hydroxylation is 1. The summed E-state index contributed by atoms with van der Waals surface area (Å²) in [6.45, 7) is 3.34. The summed E-state index contributed by atoms with van der Waals surface area (Å²) in [7, 11) is 1.15. The number of Topliss-reactive ketones (excluding diaryl/α,β-unsaturated/α-hetero) is 1. The number of fused-ring (bicyclic) bond motifs is 1. The summed E-state index contributed by atoms with van der Waals surface area (Å²) in [6, 6.07) is 18.5. The van der Waals surface area contributed by atoms with Gasteiger partial charge < -0.3 is 10.1 Å². The van der Waals surface area contributed by atoms with Crippen LogP contribution in [0.2, 0.25) is 10.0 Å². The van der Waals surface area contributed by atoms with Crippen molar-refractivity contribution in [2.45, 2.75) is 19.8 Å². The zero-order valence-electron chi connectivity index (χ0n) is 21.2. The Morgan fingerprint density at radius 1 is 0.923 bits per heavy atom. The Bertz CT molecular complexity index is 1620. The first kappa shape index (κ1) is 27.7. The Morgan fingerprint density at radius 3 is 2.31 bits per heavy atom. The number of carbonyl (C=O) groups is 3. The fourth-order valence-electron chi connectivity index (χ4n) is 3.83. The minimum Gasteiger partial charge on any atom is -0.464 e. The number of para-hydroxylation sites is 2. The van der Waals surface area contributed by atoms with Crippen molar-refractivity contribution in [2.24, 2.45) is 5.10 Å². The van der Waals surface area contributed by atoms with Gasteiger partial charge in [0.2, 0.25) is 5.78 Å². The number of benzene rings is 3. The number of aromatic nitrogens is 2. The number of hydrogen-bond donors (Lipinski definition) is 2. The van der Waals surface area contributed by atoms with Crippen LogP contribution >= 0.6 is 23.2 Å². The Hall–Kier alpha value is -4.34. The molecule has 0 aliphatic rings. The maximum atomic E-state index is 13.8. The maximum Gasteiger partial charge on any atom is 0.355 e. The standard InChI is InChI=1S/C28H23Cl2N5O4/c1-15-19(30)10-7-13-20(15)33-27(37)26(36)23(24-16(2)31-21-11-4-5-12-22(21)32-24)25(28(38)39-3)35-34-18-9-6-8-17(29)14-18/h4-14,23,34H,1-3H3,(H,33,37)/b35-25+/t23-/m0/s1. The monoisotopic (exact) mass is 563 g/mol. The average molecular weight is 564 g/mol. The van der Waals surface area contributed by atoms with Crippen LogP contribution in [-0.2, 0) is 19.1 Å². The molecule has 9 nitrogen and oxygen atoms in total. The van der Waals surface area contributed by atoms with Gasteiger partial charge in [0.1, 0.15) is 5.92 Å². The largest absolute Gasteiger partial charge is 0.464 e. The summed E-state index contributed by atoms with van der Waals surface area (Å²) in [5.74, 6) is -4.50. The second kappa shape index (κ2) is 12.0. The van der Waals surface area contributed by atoms with Gasteiger partial charge in [0.25, 0.3) is 5.91 Å². The average Bonchev–Trinajstić information content (AvgIpc) is 2.92. The molecule has 0 bridgehead atoms. The molecule has 2 N–H and O–H groups in total. The molecule has 0 fully saturated rings. The van der Waals surface area contributed by atoms with Crippen LogP contribution in [0.15, 0.2) is 71.8 Å². The molecule has 0 aliphatic carbocycles. The van der Waals surface area contributed by atoms with Gasteiger partial charge in [-0.25, -0.2) is 14.8 Å². The number of carbonyl (C=O) groups excluding carboxylic acids is 3. The summed E-state index contributed by atoms with van der Waals surface area (Å²) < 4.78 is 4.95. The van der Waals surface area contributed by atoms with E-state index in [2.05, 4.69) is 25.8 Å². The van der Waals surface area contributed by atoms with Crippen molar-refractivity contribution in [1.82, 2.24) is 9.97 Å². The fraction of sp³-hybridized carbons (Fsp3) is 0.143. The first-order valence-electron chi connectivity index (χ1n) is 11.7. The molecule has 0 unspecified atom stereocenters. The second-order valence-electron chi connectivity index (χ2n) is 8.46. The second-order valence-corrected chi connectivity index (χ2v) is 9.30. The number of nitrogens with one attached hydrogen (secondary N) is 2. The molecular weight excluding hydrogens is 541 g/mol. The number of nitrogens with zero attached hydrogens (tertiary/aromatic N) is 3. The third-order valence-corrected chi connectivity index (χ3v) is 6.50. The van der Waals surface area contributed by atoms with Gasteiger partial charge in [-0.15, -0.1) is 0 Å². The van der Waals surface area contributed by atoms with Crippen LogP contribution in [0.4, 0.5) is 11.4 Å². The van der Waals surface area contributed by atoms with Gasteiger partial charge in [0.05, 0.1) is 35.2 Å². The number of hydrazone groups is 1. The molecule has 198 valence electrons. The van der Waals surface area contributed by atoms with Gasteiger partial charge in [-0.2, -0.15) is 5.10 Å². The van der Waals surface area contributed by atoms with Crippen molar-refractivity contribution in [1.29, 1.82) is 0 Å². The van der Waals surface area contributed by atoms with Gasteiger partial charge in [-0.05, 0) is 61.9 Å². The van der Waals surface area contributed by atoms with Crippen molar-refractivity contribution < 1.29 is 19.1 Å². The third kappa shape index (κ3) is 6.22. The summed E-state index contributed by atoms with van der Waals surface area (Å²) in [5, 5.41) is 7.61. The summed E-state index contributed by atoms with van der Waals surface area (Å²) >= 11 is 12.2. The lowest BCUT2D eigenvalue weighted by Crippen LogP contribution is -2.38. The van der Waals surface area contributed by atoms with Crippen molar-refractivity contribution >= 4 is 69.0 Å². The molecular formula is C28H23Cl2N5O4. The number of hydrogen-bond acceptors (Lipinski definition) is 8. The zero-order valence-corrected chi connectivity index (χ0v) is 22.7. The van der Waals surface area contributed by atoms with Crippen LogP contribution in [-0.4, -0.2) is 40.4 Å². The first-order chi connectivity index (χ1) is 18.7. The van der Waals surface area contributed by atoms with Gasteiger partial charge in [-0.1, -0.05) is 47.5 Å². The van der Waals surface area contributed by atoms with E-state index in [1.54, 1.807) is 80.6 Å². The molecule has 0 saturated carbocycles. The number of esters is 1. The van der Waals surface area contributed by atoms with E-state index in [4.69, 9.17) is 27.9 Å². The van der Waals surface area contributed by atoms with E-state index in [-0.39, 0.29) is 5.69 Å². The predicted octanol–water partition coefficient (Wildman–Crippen LogP) is 5.49. The van der Waals surface area contributed by atoms with E-state index in [0.717, 1.165) is 7.11 Å². The number of amides is 1. The highest BCUT2D eigenvalue weighted by Gasteiger charge is 2.39. The summed E-state index contributed by atoms with van der Waals surface area (Å²) in [4.78, 5) is 49.3. The zero-order chi connectivity index (χ0) is 28.1. The molecule has 0 spiro atoms. The van der Waals surface area contributed by atoms with Crippen LogP contribution < -0.4 is 10.7 Å². The fourth-order valence-corrected chi connectivity index (χ4v) is 4.19. The molecule has 1 heterocycles. The summed E-state index contributed by atoms with van der Waals surface area (Å²) in [6.07, 6.45) is 0. The Balaban J connectivity index is 1.84. The molecule has 1 atom stereocenters. The van der Waals surface area contributed by atoms with E-state index in [1.807, 2.05) is 0 Å². The normalized spacial score (nSPS) is 12.1. The van der Waals surface area contributed by atoms with Crippen molar-refractivity contribution in [3.05, 3.63) is 93.7 Å². The number of halogens is 2. The summed E-state index contributed by atoms with van der Waals surface area (Å²) in [5.41, 5.74) is 5.14. The highest BCUT2D eigenvalue weighted by Crippen LogP contribution is 2.27. The maximum absolute atomic E-state index is 13.8. The van der Waals surface area contributed by atoms with Gasteiger partial charge in [0.15, 0.2) is 5.71 Å². The SMILES string of the molecule is COC(=O)/C(=N/Nc1cccc(Cl)c1)[C@@H](C(=O)C(=O)Nc1cccc(Cl)c1C)c1nc2ccccc2nc1C. The molecule has 1 aromatic heterocycles. The highest BCUT2D eigenvalue weighted by molar-refractivity contribution is 6.53. The van der Waals surface area contributed by atoms with Crippen molar-refractivity contribution in [3.8, 4) is 0 Å². The number of anilines is 2. The quantitative estimate of drug-likeness (QED) is 0.126. The van der Waals surface area contributed by atoms with Gasteiger partial charge >= 0.3 is 5.97 Å². The minimum atomic E-state index is -1.55. The van der Waals surface area contributed by atoms with Crippen LogP contribution in [0.1, 0.15) is 22.9 Å². The van der Waals surface area contributed by atoms with Crippen LogP contribution in [0.25, 0.3) is 11.0 Å². The van der Waals surface area contributed by atoms with Crippen molar-refractivity contribution in [2.75, 3.05) is 17.9 Å². The molecule has 0 saturated heterocycles.